The molecule has 0 aromatic carbocycles. The van der Waals surface area contributed by atoms with Gasteiger partial charge in [0.05, 0.1) is 10.7 Å². The van der Waals surface area contributed by atoms with Crippen molar-refractivity contribution in [2.24, 2.45) is 10.9 Å². The van der Waals surface area contributed by atoms with Crippen LogP contribution in [-0.4, -0.2) is 57.5 Å². The number of nitrogens with one attached hydrogen (secondary N) is 2. The number of nitrogens with zero attached hydrogens (tertiary/aromatic N) is 2. The number of guanidine groups is 1. The minimum atomic E-state index is 0. The maximum atomic E-state index is 5.81. The quantitative estimate of drug-likeness (QED) is 0.207. The van der Waals surface area contributed by atoms with Crippen LogP contribution in [0.5, 0.6) is 0 Å². The van der Waals surface area contributed by atoms with Crippen molar-refractivity contribution in [3.05, 3.63) is 15.6 Å². The molecule has 0 spiro atoms. The Morgan fingerprint density at radius 2 is 1.93 bits per heavy atom. The van der Waals surface area contributed by atoms with Crippen LogP contribution in [0.3, 0.4) is 0 Å². The number of aliphatic imine (C=N–C) groups is 1. The number of rotatable bonds is 10. The first kappa shape index (κ1) is 24.8. The molecule has 1 aromatic rings. The largest absolute Gasteiger partial charge is 0.381 e. The number of aromatic nitrogens is 1. The van der Waals surface area contributed by atoms with E-state index < -0.39 is 0 Å². The zero-order valence-corrected chi connectivity index (χ0v) is 20.9. The fourth-order valence-corrected chi connectivity index (χ4v) is 4.92. The van der Waals surface area contributed by atoms with Crippen LogP contribution < -0.4 is 10.6 Å². The topological polar surface area (TPSA) is 67.8 Å². The second-order valence-corrected chi connectivity index (χ2v) is 8.87. The molecule has 0 amide bonds. The summed E-state index contributed by atoms with van der Waals surface area (Å²) in [6.07, 6.45) is 10.5. The van der Waals surface area contributed by atoms with E-state index >= 15 is 0 Å². The van der Waals surface area contributed by atoms with Crippen LogP contribution in [0.4, 0.5) is 0 Å². The van der Waals surface area contributed by atoms with Crippen molar-refractivity contribution in [3.8, 4) is 0 Å². The molecule has 0 radical (unpaired) electrons. The van der Waals surface area contributed by atoms with Gasteiger partial charge in [0.1, 0.15) is 0 Å². The molecular formula is C21H37IN4O2S. The summed E-state index contributed by atoms with van der Waals surface area (Å²) in [5.74, 6) is 1.56. The van der Waals surface area contributed by atoms with Gasteiger partial charge in [0.15, 0.2) is 5.96 Å². The Morgan fingerprint density at radius 3 is 2.69 bits per heavy atom. The number of ether oxygens (including phenoxy) is 2. The first-order chi connectivity index (χ1) is 13.8. The highest BCUT2D eigenvalue weighted by atomic mass is 127. The third kappa shape index (κ3) is 9.06. The molecule has 29 heavy (non-hydrogen) atoms. The number of hydrogen-bond donors (Lipinski definition) is 2. The van der Waals surface area contributed by atoms with Crippen LogP contribution >= 0.6 is 35.3 Å². The molecule has 0 atom stereocenters. The van der Waals surface area contributed by atoms with E-state index in [1.165, 1.54) is 41.3 Å². The fourth-order valence-electron chi connectivity index (χ4n) is 3.72. The predicted octanol–water partition coefficient (Wildman–Crippen LogP) is 3.57. The predicted molar refractivity (Wildman–Crippen MR) is 131 cm³/mol. The van der Waals surface area contributed by atoms with E-state index in [9.17, 15) is 0 Å². The summed E-state index contributed by atoms with van der Waals surface area (Å²) in [5, 5.41) is 8.08. The number of hydrogen-bond acceptors (Lipinski definition) is 5. The molecule has 1 fully saturated rings. The maximum absolute atomic E-state index is 5.81. The average molecular weight is 537 g/mol. The Labute approximate surface area is 196 Å². The zero-order chi connectivity index (χ0) is 19.4. The third-order valence-electron chi connectivity index (χ3n) is 5.43. The van der Waals surface area contributed by atoms with E-state index in [4.69, 9.17) is 14.5 Å². The standard InChI is InChI=1S/C21H36N4O2S.HI/c1-22-21(24-12-5-13-27-16-17-9-14-26-15-10-17)23-11-4-8-20-25-18-6-2-3-7-19(18)28-20;/h17H,2-16H2,1H3,(H2,22,23,24);1H. The lowest BCUT2D eigenvalue weighted by Crippen LogP contribution is -2.38. The molecule has 8 heteroatoms. The van der Waals surface area contributed by atoms with Gasteiger partial charge in [-0.1, -0.05) is 0 Å². The smallest absolute Gasteiger partial charge is 0.190 e. The molecule has 0 bridgehead atoms. The minimum Gasteiger partial charge on any atom is -0.381 e. The summed E-state index contributed by atoms with van der Waals surface area (Å²) >= 11 is 1.93. The van der Waals surface area contributed by atoms with E-state index in [-0.39, 0.29) is 24.0 Å². The molecule has 0 unspecified atom stereocenters. The van der Waals surface area contributed by atoms with E-state index in [0.717, 1.165) is 77.6 Å². The van der Waals surface area contributed by atoms with Gasteiger partial charge >= 0.3 is 0 Å². The molecule has 166 valence electrons. The highest BCUT2D eigenvalue weighted by Crippen LogP contribution is 2.27. The van der Waals surface area contributed by atoms with Crippen molar-refractivity contribution < 1.29 is 9.47 Å². The number of halogens is 1. The summed E-state index contributed by atoms with van der Waals surface area (Å²) in [5.41, 5.74) is 1.37. The van der Waals surface area contributed by atoms with Gasteiger partial charge in [-0.15, -0.1) is 35.3 Å². The molecule has 2 N–H and O–H groups in total. The van der Waals surface area contributed by atoms with Gasteiger partial charge in [-0.3, -0.25) is 4.99 Å². The maximum Gasteiger partial charge on any atom is 0.190 e. The van der Waals surface area contributed by atoms with Gasteiger partial charge in [0.25, 0.3) is 0 Å². The lowest BCUT2D eigenvalue weighted by atomic mass is 10.0. The Balaban J connectivity index is 0.00000300. The van der Waals surface area contributed by atoms with E-state index in [1.54, 1.807) is 0 Å². The second-order valence-electron chi connectivity index (χ2n) is 7.70. The van der Waals surface area contributed by atoms with Gasteiger partial charge in [-0.05, 0) is 57.3 Å². The Hall–Kier alpha value is -0.450. The number of thiazole rings is 1. The second kappa shape index (κ2) is 14.5. The highest BCUT2D eigenvalue weighted by Gasteiger charge is 2.15. The van der Waals surface area contributed by atoms with Gasteiger partial charge in [0, 0.05) is 57.9 Å². The van der Waals surface area contributed by atoms with E-state index in [2.05, 4.69) is 15.6 Å². The van der Waals surface area contributed by atoms with Crippen molar-refractivity contribution in [1.82, 2.24) is 15.6 Å². The molecule has 2 heterocycles. The van der Waals surface area contributed by atoms with E-state index in [1.807, 2.05) is 18.4 Å². The first-order valence-corrected chi connectivity index (χ1v) is 11.7. The monoisotopic (exact) mass is 536 g/mol. The third-order valence-corrected chi connectivity index (χ3v) is 6.64. The molecule has 1 aromatic heterocycles. The first-order valence-electron chi connectivity index (χ1n) is 10.9. The minimum absolute atomic E-state index is 0. The Morgan fingerprint density at radius 1 is 1.17 bits per heavy atom. The highest BCUT2D eigenvalue weighted by molar-refractivity contribution is 14.0. The van der Waals surface area contributed by atoms with Crippen molar-refractivity contribution in [1.29, 1.82) is 0 Å². The van der Waals surface area contributed by atoms with Crippen LogP contribution in [0.1, 0.15) is 54.1 Å². The van der Waals surface area contributed by atoms with Crippen molar-refractivity contribution in [2.75, 3.05) is 46.6 Å². The molecule has 1 saturated heterocycles. The number of aryl methyl sites for hydroxylation is 3. The molecule has 2 aliphatic rings. The lowest BCUT2D eigenvalue weighted by Gasteiger charge is -2.21. The average Bonchev–Trinajstić information content (AvgIpc) is 3.15. The molecule has 1 aliphatic heterocycles. The molecular weight excluding hydrogens is 499 g/mol. The van der Waals surface area contributed by atoms with Crippen LogP contribution in [0, 0.1) is 5.92 Å². The summed E-state index contributed by atoms with van der Waals surface area (Å²) in [6.45, 7) is 5.26. The lowest BCUT2D eigenvalue weighted by molar-refractivity contribution is 0.0203. The van der Waals surface area contributed by atoms with Gasteiger partial charge in [0.2, 0.25) is 0 Å². The van der Waals surface area contributed by atoms with Crippen LogP contribution in [0.25, 0.3) is 0 Å². The van der Waals surface area contributed by atoms with Crippen LogP contribution in [0.2, 0.25) is 0 Å². The van der Waals surface area contributed by atoms with E-state index in [0.29, 0.717) is 5.92 Å². The summed E-state index contributed by atoms with van der Waals surface area (Å²) in [6, 6.07) is 0. The summed E-state index contributed by atoms with van der Waals surface area (Å²) < 4.78 is 11.2. The number of fused-ring (bicyclic) bond motifs is 1. The van der Waals surface area contributed by atoms with Crippen molar-refractivity contribution in [3.63, 3.8) is 0 Å². The van der Waals surface area contributed by atoms with Crippen molar-refractivity contribution in [2.45, 2.75) is 57.8 Å². The van der Waals surface area contributed by atoms with Crippen molar-refractivity contribution >= 4 is 41.3 Å². The Kier molecular flexibility index (Phi) is 12.4. The zero-order valence-electron chi connectivity index (χ0n) is 17.7. The fraction of sp³-hybridized carbons (Fsp3) is 0.810. The van der Waals surface area contributed by atoms with Crippen LogP contribution in [0.15, 0.2) is 4.99 Å². The van der Waals surface area contributed by atoms with Gasteiger partial charge in [-0.2, -0.15) is 0 Å². The van der Waals surface area contributed by atoms with Gasteiger partial charge < -0.3 is 20.1 Å². The summed E-state index contributed by atoms with van der Waals surface area (Å²) in [4.78, 5) is 10.7. The van der Waals surface area contributed by atoms with Gasteiger partial charge in [-0.25, -0.2) is 4.98 Å². The Bertz CT molecular complexity index is 582. The molecule has 1 aliphatic carbocycles. The van der Waals surface area contributed by atoms with Crippen LogP contribution in [-0.2, 0) is 28.7 Å². The SMILES string of the molecule is CN=C(NCCCOCC1CCOCC1)NCCCc1nc2c(s1)CCCC2.I. The normalized spacial score (nSPS) is 17.5. The summed E-state index contributed by atoms with van der Waals surface area (Å²) in [7, 11) is 1.83. The molecule has 3 rings (SSSR count). The molecule has 0 saturated carbocycles. The molecule has 6 nitrogen and oxygen atoms in total.